The van der Waals surface area contributed by atoms with E-state index in [0.717, 1.165) is 42.5 Å². The van der Waals surface area contributed by atoms with Crippen molar-refractivity contribution in [3.63, 3.8) is 0 Å². The normalized spacial score (nSPS) is 14.7. The molecule has 0 spiro atoms. The van der Waals surface area contributed by atoms with Crippen molar-refractivity contribution in [2.45, 2.75) is 19.3 Å². The molecule has 1 N–H and O–H groups in total. The number of hydrogen-bond donors (Lipinski definition) is 1. The molecule has 2 amide bonds. The highest BCUT2D eigenvalue weighted by Crippen LogP contribution is 2.37. The van der Waals surface area contributed by atoms with Gasteiger partial charge in [0.05, 0.1) is 11.1 Å². The van der Waals surface area contributed by atoms with E-state index in [9.17, 15) is 14.7 Å². The van der Waals surface area contributed by atoms with Gasteiger partial charge in [-0.05, 0) is 43.0 Å². The fourth-order valence-corrected chi connectivity index (χ4v) is 4.52. The highest BCUT2D eigenvalue weighted by molar-refractivity contribution is 6.21. The topological polar surface area (TPSA) is 70.1 Å². The minimum Gasteiger partial charge on any atom is -0.507 e. The first-order chi connectivity index (χ1) is 17.1. The summed E-state index contributed by atoms with van der Waals surface area (Å²) in [6.45, 7) is 1.20. The summed E-state index contributed by atoms with van der Waals surface area (Å²) in [5.41, 5.74) is 3.46. The Kier molecular flexibility index (Phi) is 6.35. The number of aromatic hydroxyl groups is 1. The molecule has 2 aliphatic rings. The Morgan fingerprint density at radius 1 is 0.714 bits per heavy atom. The number of imide groups is 1. The predicted molar refractivity (Wildman–Crippen MR) is 134 cm³/mol. The number of carbonyl (C=O) groups excluding carboxylic acids is 2. The number of unbranched alkanes of at least 4 members (excludes halogenated alkanes) is 2. The largest absolute Gasteiger partial charge is 0.507 e. The lowest BCUT2D eigenvalue weighted by atomic mass is 9.97. The first-order valence-corrected chi connectivity index (χ1v) is 11.8. The minimum absolute atomic E-state index is 0.199. The van der Waals surface area contributed by atoms with E-state index in [0.29, 0.717) is 23.4 Å². The maximum atomic E-state index is 12.5. The number of nitrogens with zero attached hydrogens (tertiary/aromatic N) is 2. The average molecular weight is 467 g/mol. The highest BCUT2D eigenvalue weighted by Gasteiger charge is 2.34. The maximum Gasteiger partial charge on any atom is 0.261 e. The van der Waals surface area contributed by atoms with Crippen LogP contribution >= 0.6 is 0 Å². The lowest BCUT2D eigenvalue weighted by Crippen LogP contribution is -2.30. The first kappa shape index (κ1) is 22.5. The summed E-state index contributed by atoms with van der Waals surface area (Å²) in [4.78, 5) is 28.4. The Bertz CT molecular complexity index is 1280. The molecule has 0 fully saturated rings. The third kappa shape index (κ3) is 4.55. The summed E-state index contributed by atoms with van der Waals surface area (Å²) in [5, 5.41) is 10.6. The third-order valence-electron chi connectivity index (χ3n) is 6.28. The van der Waals surface area contributed by atoms with Crippen molar-refractivity contribution in [2.24, 2.45) is 0 Å². The van der Waals surface area contributed by atoms with Gasteiger partial charge >= 0.3 is 0 Å². The van der Waals surface area contributed by atoms with Crippen LogP contribution in [-0.2, 0) is 4.74 Å². The van der Waals surface area contributed by atoms with Crippen LogP contribution in [0.5, 0.6) is 5.75 Å². The van der Waals surface area contributed by atoms with E-state index in [4.69, 9.17) is 4.74 Å². The van der Waals surface area contributed by atoms with Gasteiger partial charge in [0.25, 0.3) is 11.8 Å². The SMILES string of the molecule is O=C1c2ccccc2C(=O)N1CCCCCN1C=COC(c2cccc(O)c2-c2ccccc2)=C1. The van der Waals surface area contributed by atoms with Crippen LogP contribution in [0.15, 0.2) is 91.5 Å². The number of carbonyl (C=O) groups is 2. The molecule has 0 unspecified atom stereocenters. The third-order valence-corrected chi connectivity index (χ3v) is 6.28. The molecule has 3 aromatic carbocycles. The molecule has 0 aliphatic carbocycles. The van der Waals surface area contributed by atoms with Crippen LogP contribution in [0.4, 0.5) is 0 Å². The molecule has 0 bridgehead atoms. The molecule has 0 saturated heterocycles. The van der Waals surface area contributed by atoms with E-state index in [2.05, 4.69) is 4.90 Å². The van der Waals surface area contributed by atoms with Crippen LogP contribution in [0, 0.1) is 0 Å². The molecule has 5 rings (SSSR count). The minimum atomic E-state index is -0.199. The summed E-state index contributed by atoms with van der Waals surface area (Å²) in [5.74, 6) is 0.463. The number of amides is 2. The predicted octanol–water partition coefficient (Wildman–Crippen LogP) is 5.63. The van der Waals surface area contributed by atoms with Crippen molar-refractivity contribution in [1.29, 1.82) is 0 Å². The van der Waals surface area contributed by atoms with Crippen molar-refractivity contribution in [3.05, 3.63) is 108 Å². The van der Waals surface area contributed by atoms with Crippen LogP contribution in [0.3, 0.4) is 0 Å². The molecule has 0 radical (unpaired) electrons. The Balaban J connectivity index is 1.19. The van der Waals surface area contributed by atoms with E-state index in [1.54, 1.807) is 36.6 Å². The number of phenolic OH excluding ortho intramolecular Hbond substituents is 1. The second-order valence-electron chi connectivity index (χ2n) is 8.57. The lowest BCUT2D eigenvalue weighted by molar-refractivity contribution is 0.0651. The van der Waals surface area contributed by atoms with E-state index in [-0.39, 0.29) is 17.6 Å². The van der Waals surface area contributed by atoms with Gasteiger partial charge in [-0.1, -0.05) is 54.6 Å². The standard InChI is InChI=1S/C29H26N2O4/c32-25-15-9-14-24(27(25)21-10-3-1-4-11-21)26-20-30(18-19-35-26)16-7-2-8-17-31-28(33)22-12-5-6-13-23(22)29(31)34/h1,3-6,9-15,18-20,32H,2,7-8,16-17H2. The van der Waals surface area contributed by atoms with Crippen LogP contribution in [0.1, 0.15) is 45.5 Å². The van der Waals surface area contributed by atoms with Crippen LogP contribution in [0.25, 0.3) is 16.9 Å². The molecule has 0 saturated carbocycles. The molecular weight excluding hydrogens is 440 g/mol. The van der Waals surface area contributed by atoms with Gasteiger partial charge in [-0.15, -0.1) is 0 Å². The van der Waals surface area contributed by atoms with Gasteiger partial charge in [0.2, 0.25) is 0 Å². The number of phenols is 1. The molecule has 6 heteroatoms. The number of benzene rings is 3. The lowest BCUT2D eigenvalue weighted by Gasteiger charge is -2.23. The van der Waals surface area contributed by atoms with Crippen molar-refractivity contribution in [3.8, 4) is 16.9 Å². The summed E-state index contributed by atoms with van der Waals surface area (Å²) < 4.78 is 5.81. The van der Waals surface area contributed by atoms with Crippen LogP contribution < -0.4 is 0 Å². The molecule has 2 aliphatic heterocycles. The molecule has 0 atom stereocenters. The number of hydrogen-bond acceptors (Lipinski definition) is 5. The smallest absolute Gasteiger partial charge is 0.261 e. The fraction of sp³-hybridized carbons (Fsp3) is 0.172. The summed E-state index contributed by atoms with van der Waals surface area (Å²) in [6, 6.07) is 22.2. The Morgan fingerprint density at radius 3 is 2.11 bits per heavy atom. The molecule has 0 aromatic heterocycles. The van der Waals surface area contributed by atoms with E-state index >= 15 is 0 Å². The van der Waals surface area contributed by atoms with Gasteiger partial charge in [0.15, 0.2) is 5.76 Å². The quantitative estimate of drug-likeness (QED) is 0.344. The maximum absolute atomic E-state index is 12.5. The summed E-state index contributed by atoms with van der Waals surface area (Å²) >= 11 is 0. The molecule has 35 heavy (non-hydrogen) atoms. The van der Waals surface area contributed by atoms with Gasteiger partial charge in [-0.25, -0.2) is 0 Å². The van der Waals surface area contributed by atoms with E-state index in [1.165, 1.54) is 4.90 Å². The van der Waals surface area contributed by atoms with Crippen LogP contribution in [-0.4, -0.2) is 39.8 Å². The van der Waals surface area contributed by atoms with Crippen molar-refractivity contribution in [1.82, 2.24) is 9.80 Å². The van der Waals surface area contributed by atoms with E-state index in [1.807, 2.05) is 54.9 Å². The van der Waals surface area contributed by atoms with Crippen molar-refractivity contribution >= 4 is 17.6 Å². The molecule has 176 valence electrons. The van der Waals surface area contributed by atoms with Gasteiger partial charge in [-0.2, -0.15) is 0 Å². The molecular formula is C29H26N2O4. The van der Waals surface area contributed by atoms with Gasteiger partial charge in [0.1, 0.15) is 12.0 Å². The number of fused-ring (bicyclic) bond motifs is 1. The highest BCUT2D eigenvalue weighted by atomic mass is 16.5. The summed E-state index contributed by atoms with van der Waals surface area (Å²) in [7, 11) is 0. The zero-order valence-corrected chi connectivity index (χ0v) is 19.3. The summed E-state index contributed by atoms with van der Waals surface area (Å²) in [6.07, 6.45) is 7.98. The second kappa shape index (κ2) is 9.89. The molecule has 3 aromatic rings. The Hall–Kier alpha value is -4.32. The van der Waals surface area contributed by atoms with E-state index < -0.39 is 0 Å². The molecule has 2 heterocycles. The first-order valence-electron chi connectivity index (χ1n) is 11.8. The Morgan fingerprint density at radius 2 is 1.37 bits per heavy atom. The average Bonchev–Trinajstić information content (AvgIpc) is 3.14. The van der Waals surface area contributed by atoms with Crippen LogP contribution in [0.2, 0.25) is 0 Å². The Labute approximate surface area is 204 Å². The zero-order chi connectivity index (χ0) is 24.2. The second-order valence-corrected chi connectivity index (χ2v) is 8.57. The van der Waals surface area contributed by atoms with Crippen molar-refractivity contribution in [2.75, 3.05) is 13.1 Å². The molecule has 6 nitrogen and oxygen atoms in total. The van der Waals surface area contributed by atoms with Gasteiger partial charge in [0, 0.05) is 36.6 Å². The number of ether oxygens (including phenoxy) is 1. The fourth-order valence-electron chi connectivity index (χ4n) is 4.52. The van der Waals surface area contributed by atoms with Gasteiger partial charge in [-0.3, -0.25) is 14.5 Å². The monoisotopic (exact) mass is 466 g/mol. The van der Waals surface area contributed by atoms with Gasteiger partial charge < -0.3 is 14.7 Å². The number of rotatable bonds is 8. The zero-order valence-electron chi connectivity index (χ0n) is 19.3. The van der Waals surface area contributed by atoms with Crippen molar-refractivity contribution < 1.29 is 19.4 Å².